The number of benzene rings is 1. The second kappa shape index (κ2) is 8.66. The molecule has 118 valence electrons. The van der Waals surface area contributed by atoms with Crippen LogP contribution in [0.1, 0.15) is 38.8 Å². The van der Waals surface area contributed by atoms with Crippen LogP contribution in [-0.4, -0.2) is 36.9 Å². The van der Waals surface area contributed by atoms with Gasteiger partial charge in [-0.1, -0.05) is 19.1 Å². The molecule has 1 saturated heterocycles. The summed E-state index contributed by atoms with van der Waals surface area (Å²) < 4.78 is 11.8. The topological polar surface area (TPSA) is 30.5 Å². The fourth-order valence-corrected chi connectivity index (χ4v) is 3.42. The van der Waals surface area contributed by atoms with Crippen LogP contribution in [-0.2, 0) is 4.74 Å². The standard InChI is InChI=1S/C17H27NO2S/c1-4-8-18-17(16-12-21-10-9-19-16)14-6-5-7-15(11-14)20-13(2)3/h5-7,11,13,16-18H,4,8-10,12H2,1-3H3. The minimum atomic E-state index is 0.198. The van der Waals surface area contributed by atoms with E-state index in [1.54, 1.807) is 0 Å². The first-order chi connectivity index (χ1) is 10.2. The van der Waals surface area contributed by atoms with E-state index in [9.17, 15) is 0 Å². The van der Waals surface area contributed by atoms with Crippen molar-refractivity contribution in [2.24, 2.45) is 0 Å². The fourth-order valence-electron chi connectivity index (χ4n) is 2.52. The molecule has 0 bridgehead atoms. The minimum absolute atomic E-state index is 0.198. The van der Waals surface area contributed by atoms with Crippen LogP contribution in [0, 0.1) is 0 Å². The van der Waals surface area contributed by atoms with Crippen molar-refractivity contribution in [2.45, 2.75) is 45.4 Å². The van der Waals surface area contributed by atoms with Crippen molar-refractivity contribution >= 4 is 11.8 Å². The van der Waals surface area contributed by atoms with E-state index in [1.807, 2.05) is 17.8 Å². The fraction of sp³-hybridized carbons (Fsp3) is 0.647. The molecule has 0 saturated carbocycles. The highest BCUT2D eigenvalue weighted by Gasteiger charge is 2.26. The maximum absolute atomic E-state index is 5.99. The van der Waals surface area contributed by atoms with Gasteiger partial charge in [-0.15, -0.1) is 0 Å². The van der Waals surface area contributed by atoms with Gasteiger partial charge in [-0.25, -0.2) is 0 Å². The average molecular weight is 309 g/mol. The normalized spacial score (nSPS) is 20.5. The van der Waals surface area contributed by atoms with Crippen molar-refractivity contribution in [3.63, 3.8) is 0 Å². The SMILES string of the molecule is CCCNC(c1cccc(OC(C)C)c1)C1CSCCO1. The van der Waals surface area contributed by atoms with Crippen LogP contribution >= 0.6 is 11.8 Å². The molecule has 3 nitrogen and oxygen atoms in total. The summed E-state index contributed by atoms with van der Waals surface area (Å²) >= 11 is 1.98. The van der Waals surface area contributed by atoms with Crippen molar-refractivity contribution < 1.29 is 9.47 Å². The van der Waals surface area contributed by atoms with Gasteiger partial charge in [0.1, 0.15) is 5.75 Å². The predicted octanol–water partition coefficient (Wildman–Crippen LogP) is 3.65. The Bertz CT molecular complexity index is 419. The van der Waals surface area contributed by atoms with Crippen molar-refractivity contribution in [1.29, 1.82) is 0 Å². The largest absolute Gasteiger partial charge is 0.491 e. The van der Waals surface area contributed by atoms with Crippen molar-refractivity contribution in [3.05, 3.63) is 29.8 Å². The number of ether oxygens (including phenoxy) is 2. The molecule has 1 fully saturated rings. The van der Waals surface area contributed by atoms with Gasteiger partial charge in [0.15, 0.2) is 0 Å². The highest BCUT2D eigenvalue weighted by Crippen LogP contribution is 2.28. The Morgan fingerprint density at radius 2 is 2.29 bits per heavy atom. The molecule has 1 aromatic rings. The van der Waals surface area contributed by atoms with Crippen LogP contribution in [0.25, 0.3) is 0 Å². The lowest BCUT2D eigenvalue weighted by atomic mass is 10.0. The van der Waals surface area contributed by atoms with Crippen molar-refractivity contribution in [2.75, 3.05) is 24.7 Å². The quantitative estimate of drug-likeness (QED) is 0.833. The maximum Gasteiger partial charge on any atom is 0.120 e. The lowest BCUT2D eigenvalue weighted by Gasteiger charge is -2.31. The van der Waals surface area contributed by atoms with Gasteiger partial charge in [-0.2, -0.15) is 11.8 Å². The molecule has 2 atom stereocenters. The number of hydrogen-bond acceptors (Lipinski definition) is 4. The summed E-state index contributed by atoms with van der Waals surface area (Å²) in [6.07, 6.45) is 1.56. The summed E-state index contributed by atoms with van der Waals surface area (Å²) in [5.74, 6) is 3.10. The predicted molar refractivity (Wildman–Crippen MR) is 90.3 cm³/mol. The van der Waals surface area contributed by atoms with E-state index >= 15 is 0 Å². The molecule has 2 rings (SSSR count). The Kier molecular flexibility index (Phi) is 6.87. The molecule has 0 radical (unpaired) electrons. The molecule has 1 aromatic carbocycles. The summed E-state index contributed by atoms with van der Waals surface area (Å²) in [4.78, 5) is 0. The molecule has 0 amide bonds. The second-order valence-corrected chi connectivity index (χ2v) is 6.80. The van der Waals surface area contributed by atoms with Gasteiger partial charge in [0.25, 0.3) is 0 Å². The van der Waals surface area contributed by atoms with Crippen LogP contribution < -0.4 is 10.1 Å². The summed E-state index contributed by atoms with van der Waals surface area (Å²) in [5, 5.41) is 3.64. The summed E-state index contributed by atoms with van der Waals surface area (Å²) in [6.45, 7) is 8.16. The van der Waals surface area contributed by atoms with Crippen LogP contribution in [0.2, 0.25) is 0 Å². The van der Waals surface area contributed by atoms with E-state index in [4.69, 9.17) is 9.47 Å². The van der Waals surface area contributed by atoms with Crippen LogP contribution in [0.5, 0.6) is 5.75 Å². The molecule has 4 heteroatoms. The van der Waals surface area contributed by atoms with Gasteiger partial charge in [0.2, 0.25) is 0 Å². The maximum atomic E-state index is 5.99. The lowest BCUT2D eigenvalue weighted by Crippen LogP contribution is -2.38. The Morgan fingerprint density at radius 3 is 2.95 bits per heavy atom. The minimum Gasteiger partial charge on any atom is -0.491 e. The van der Waals surface area contributed by atoms with Crippen LogP contribution in [0.15, 0.2) is 24.3 Å². The van der Waals surface area contributed by atoms with Crippen LogP contribution in [0.3, 0.4) is 0 Å². The first-order valence-electron chi connectivity index (χ1n) is 7.90. The molecule has 0 spiro atoms. The third kappa shape index (κ3) is 5.20. The molecule has 1 heterocycles. The average Bonchev–Trinajstić information content (AvgIpc) is 2.48. The molecule has 0 aliphatic carbocycles. The van der Waals surface area contributed by atoms with Crippen molar-refractivity contribution in [3.8, 4) is 5.75 Å². The third-order valence-electron chi connectivity index (χ3n) is 3.42. The smallest absolute Gasteiger partial charge is 0.120 e. The molecule has 1 aliphatic rings. The van der Waals surface area contributed by atoms with E-state index < -0.39 is 0 Å². The Labute approximate surface area is 132 Å². The number of hydrogen-bond donors (Lipinski definition) is 1. The second-order valence-electron chi connectivity index (χ2n) is 5.66. The zero-order chi connectivity index (χ0) is 15.1. The Morgan fingerprint density at radius 1 is 1.43 bits per heavy atom. The number of rotatable bonds is 7. The highest BCUT2D eigenvalue weighted by molar-refractivity contribution is 7.99. The molecule has 21 heavy (non-hydrogen) atoms. The van der Waals surface area contributed by atoms with Crippen molar-refractivity contribution in [1.82, 2.24) is 5.32 Å². The van der Waals surface area contributed by atoms with Gasteiger partial charge < -0.3 is 14.8 Å². The summed E-state index contributed by atoms with van der Waals surface area (Å²) in [6, 6.07) is 8.66. The monoisotopic (exact) mass is 309 g/mol. The first-order valence-corrected chi connectivity index (χ1v) is 9.05. The Balaban J connectivity index is 2.14. The van der Waals surface area contributed by atoms with Gasteiger partial charge >= 0.3 is 0 Å². The van der Waals surface area contributed by atoms with E-state index in [0.717, 1.165) is 36.8 Å². The van der Waals surface area contributed by atoms with Gasteiger partial charge in [0.05, 0.1) is 24.9 Å². The zero-order valence-corrected chi connectivity index (χ0v) is 14.1. The van der Waals surface area contributed by atoms with E-state index in [2.05, 4.69) is 44.3 Å². The highest BCUT2D eigenvalue weighted by atomic mass is 32.2. The molecule has 2 unspecified atom stereocenters. The molecule has 0 aromatic heterocycles. The molecule has 1 aliphatic heterocycles. The van der Waals surface area contributed by atoms with Gasteiger partial charge in [-0.05, 0) is 44.5 Å². The lowest BCUT2D eigenvalue weighted by molar-refractivity contribution is 0.0467. The van der Waals surface area contributed by atoms with Gasteiger partial charge in [-0.3, -0.25) is 0 Å². The Hall–Kier alpha value is -0.710. The number of thioether (sulfide) groups is 1. The molecule has 1 N–H and O–H groups in total. The van der Waals surface area contributed by atoms with E-state index in [1.165, 1.54) is 5.56 Å². The van der Waals surface area contributed by atoms with E-state index in [-0.39, 0.29) is 18.2 Å². The summed E-state index contributed by atoms with van der Waals surface area (Å²) in [7, 11) is 0. The third-order valence-corrected chi connectivity index (χ3v) is 4.44. The number of nitrogens with one attached hydrogen (secondary N) is 1. The molecular formula is C17H27NO2S. The van der Waals surface area contributed by atoms with Crippen LogP contribution in [0.4, 0.5) is 0 Å². The van der Waals surface area contributed by atoms with Gasteiger partial charge in [0, 0.05) is 11.5 Å². The summed E-state index contributed by atoms with van der Waals surface area (Å²) in [5.41, 5.74) is 1.26. The molecular weight excluding hydrogens is 282 g/mol. The first kappa shape index (κ1) is 16.7. The zero-order valence-electron chi connectivity index (χ0n) is 13.3. The van der Waals surface area contributed by atoms with E-state index in [0.29, 0.717) is 0 Å².